The van der Waals surface area contributed by atoms with Crippen LogP contribution in [0.1, 0.15) is 23.7 Å². The van der Waals surface area contributed by atoms with Crippen LogP contribution in [-0.4, -0.2) is 25.1 Å². The summed E-state index contributed by atoms with van der Waals surface area (Å²) >= 11 is 0. The number of anilines is 1. The molecule has 0 spiro atoms. The van der Waals surface area contributed by atoms with Gasteiger partial charge in [-0.15, -0.1) is 0 Å². The van der Waals surface area contributed by atoms with Crippen molar-refractivity contribution in [1.29, 1.82) is 0 Å². The molecule has 1 amide bonds. The lowest BCUT2D eigenvalue weighted by atomic mass is 10.2. The molecule has 6 heteroatoms. The number of methoxy groups -OCH3 is 1. The molecule has 0 aromatic heterocycles. The lowest BCUT2D eigenvalue weighted by Crippen LogP contribution is -2.32. The highest BCUT2D eigenvalue weighted by Crippen LogP contribution is 2.19. The molecule has 24 heavy (non-hydrogen) atoms. The summed E-state index contributed by atoms with van der Waals surface area (Å²) in [7, 11) is 1.28. The van der Waals surface area contributed by atoms with Gasteiger partial charge >= 0.3 is 5.97 Å². The van der Waals surface area contributed by atoms with Crippen molar-refractivity contribution in [2.24, 2.45) is 0 Å². The molecule has 1 atom stereocenters. The number of amides is 1. The maximum atomic E-state index is 13.6. The Hall–Kier alpha value is -2.89. The molecule has 1 unspecified atom stereocenters. The molecule has 0 radical (unpaired) electrons. The van der Waals surface area contributed by atoms with Gasteiger partial charge in [0, 0.05) is 5.69 Å². The van der Waals surface area contributed by atoms with Crippen molar-refractivity contribution < 1.29 is 23.5 Å². The average Bonchev–Trinajstić information content (AvgIpc) is 2.60. The van der Waals surface area contributed by atoms with Crippen LogP contribution < -0.4 is 10.1 Å². The van der Waals surface area contributed by atoms with E-state index < -0.39 is 23.8 Å². The van der Waals surface area contributed by atoms with Crippen molar-refractivity contribution in [1.82, 2.24) is 0 Å². The molecule has 0 aliphatic rings. The summed E-state index contributed by atoms with van der Waals surface area (Å²) in [4.78, 5) is 23.9. The first-order chi connectivity index (χ1) is 11.5. The van der Waals surface area contributed by atoms with Crippen molar-refractivity contribution >= 4 is 17.6 Å². The third-order valence-corrected chi connectivity index (χ3v) is 3.32. The van der Waals surface area contributed by atoms with Gasteiger partial charge in [-0.1, -0.05) is 25.1 Å². The third kappa shape index (κ3) is 4.32. The molecule has 0 heterocycles. The molecule has 126 valence electrons. The summed E-state index contributed by atoms with van der Waals surface area (Å²) in [6.45, 7) is 1.76. The van der Waals surface area contributed by atoms with Gasteiger partial charge in [-0.25, -0.2) is 9.18 Å². The van der Waals surface area contributed by atoms with E-state index in [1.165, 1.54) is 25.3 Å². The molecule has 2 aromatic carbocycles. The largest absolute Gasteiger partial charge is 0.478 e. The first kappa shape index (κ1) is 17.5. The second-order valence-corrected chi connectivity index (χ2v) is 5.01. The standard InChI is InChI=1S/C18H18FNO4/c1-3-15(24-16-10-5-4-9-14(16)19)17(21)20-13-8-6-7-12(11-13)18(22)23-2/h4-11,15H,3H2,1-2H3,(H,20,21). The van der Waals surface area contributed by atoms with Gasteiger partial charge < -0.3 is 14.8 Å². The highest BCUT2D eigenvalue weighted by molar-refractivity contribution is 5.96. The predicted molar refractivity (Wildman–Crippen MR) is 87.5 cm³/mol. The maximum absolute atomic E-state index is 13.6. The second kappa shape index (κ2) is 8.10. The van der Waals surface area contributed by atoms with E-state index in [-0.39, 0.29) is 5.75 Å². The minimum atomic E-state index is -0.858. The van der Waals surface area contributed by atoms with Gasteiger partial charge in [0.05, 0.1) is 12.7 Å². The zero-order valence-electron chi connectivity index (χ0n) is 13.4. The summed E-state index contributed by atoms with van der Waals surface area (Å²) in [5, 5.41) is 2.66. The highest BCUT2D eigenvalue weighted by atomic mass is 19.1. The van der Waals surface area contributed by atoms with E-state index in [4.69, 9.17) is 4.74 Å². The van der Waals surface area contributed by atoms with Gasteiger partial charge in [-0.3, -0.25) is 4.79 Å². The number of ether oxygens (including phenoxy) is 2. The Morgan fingerprint density at radius 2 is 1.92 bits per heavy atom. The third-order valence-electron chi connectivity index (χ3n) is 3.32. The minimum absolute atomic E-state index is 0.0165. The number of esters is 1. The maximum Gasteiger partial charge on any atom is 0.337 e. The monoisotopic (exact) mass is 331 g/mol. The van der Waals surface area contributed by atoms with E-state index in [9.17, 15) is 14.0 Å². The summed E-state index contributed by atoms with van der Waals surface area (Å²) in [5.74, 6) is -1.44. The van der Waals surface area contributed by atoms with Crippen molar-refractivity contribution in [3.8, 4) is 5.75 Å². The molecule has 0 saturated carbocycles. The lowest BCUT2D eigenvalue weighted by molar-refractivity contribution is -0.122. The number of halogens is 1. The van der Waals surface area contributed by atoms with E-state index >= 15 is 0 Å². The summed E-state index contributed by atoms with van der Waals surface area (Å²) < 4.78 is 23.7. The summed E-state index contributed by atoms with van der Waals surface area (Å²) in [5.41, 5.74) is 0.747. The van der Waals surface area contributed by atoms with E-state index in [0.29, 0.717) is 17.7 Å². The normalized spacial score (nSPS) is 11.5. The second-order valence-electron chi connectivity index (χ2n) is 5.01. The Balaban J connectivity index is 2.09. The molecule has 1 N–H and O–H groups in total. The fraction of sp³-hybridized carbons (Fsp3) is 0.222. The Morgan fingerprint density at radius 3 is 2.58 bits per heavy atom. The Morgan fingerprint density at radius 1 is 1.17 bits per heavy atom. The fourth-order valence-electron chi connectivity index (χ4n) is 2.08. The number of nitrogens with one attached hydrogen (secondary N) is 1. The smallest absolute Gasteiger partial charge is 0.337 e. The molecule has 0 fully saturated rings. The quantitative estimate of drug-likeness (QED) is 0.824. The topological polar surface area (TPSA) is 64.6 Å². The van der Waals surface area contributed by atoms with Crippen LogP contribution in [0.25, 0.3) is 0 Å². The zero-order chi connectivity index (χ0) is 17.5. The van der Waals surface area contributed by atoms with E-state index in [2.05, 4.69) is 10.1 Å². The highest BCUT2D eigenvalue weighted by Gasteiger charge is 2.20. The Kier molecular flexibility index (Phi) is 5.89. The first-order valence-corrected chi connectivity index (χ1v) is 7.45. The van der Waals surface area contributed by atoms with Gasteiger partial charge in [0.15, 0.2) is 17.7 Å². The molecule has 0 bridgehead atoms. The average molecular weight is 331 g/mol. The number of benzene rings is 2. The summed E-state index contributed by atoms with van der Waals surface area (Å²) in [6.07, 6.45) is -0.500. The predicted octanol–water partition coefficient (Wildman–Crippen LogP) is 3.41. The molecule has 2 rings (SSSR count). The molecule has 0 aliphatic heterocycles. The SMILES string of the molecule is CCC(Oc1ccccc1F)C(=O)Nc1cccc(C(=O)OC)c1. The summed E-state index contributed by atoms with van der Waals surface area (Å²) in [6, 6.07) is 12.2. The number of hydrogen-bond acceptors (Lipinski definition) is 4. The Labute approximate surface area is 139 Å². The van der Waals surface area contributed by atoms with Crippen LogP contribution in [0.3, 0.4) is 0 Å². The van der Waals surface area contributed by atoms with Crippen LogP contribution in [0.15, 0.2) is 48.5 Å². The van der Waals surface area contributed by atoms with E-state index in [1.807, 2.05) is 0 Å². The number of rotatable bonds is 6. The van der Waals surface area contributed by atoms with Crippen LogP contribution >= 0.6 is 0 Å². The van der Waals surface area contributed by atoms with Gasteiger partial charge in [0.1, 0.15) is 0 Å². The molecule has 0 saturated heterocycles. The van der Waals surface area contributed by atoms with Crippen LogP contribution in [0.4, 0.5) is 10.1 Å². The fourth-order valence-corrected chi connectivity index (χ4v) is 2.08. The van der Waals surface area contributed by atoms with Crippen LogP contribution in [0.2, 0.25) is 0 Å². The van der Waals surface area contributed by atoms with Crippen molar-refractivity contribution in [3.05, 3.63) is 59.9 Å². The van der Waals surface area contributed by atoms with Crippen molar-refractivity contribution in [2.45, 2.75) is 19.4 Å². The first-order valence-electron chi connectivity index (χ1n) is 7.45. The van der Waals surface area contributed by atoms with E-state index in [1.54, 1.807) is 37.3 Å². The molecule has 5 nitrogen and oxygen atoms in total. The lowest BCUT2D eigenvalue weighted by Gasteiger charge is -2.17. The number of carbonyl (C=O) groups is 2. The van der Waals surface area contributed by atoms with E-state index in [0.717, 1.165) is 0 Å². The van der Waals surface area contributed by atoms with Gasteiger partial charge in [0.2, 0.25) is 0 Å². The number of hydrogen-bond donors (Lipinski definition) is 1. The molecular formula is C18H18FNO4. The number of carbonyl (C=O) groups excluding carboxylic acids is 2. The molecule has 2 aromatic rings. The molecular weight excluding hydrogens is 313 g/mol. The number of para-hydroxylation sites is 1. The zero-order valence-corrected chi connectivity index (χ0v) is 13.4. The van der Waals surface area contributed by atoms with Crippen LogP contribution in [-0.2, 0) is 9.53 Å². The Bertz CT molecular complexity index is 732. The van der Waals surface area contributed by atoms with Crippen LogP contribution in [0, 0.1) is 5.82 Å². The van der Waals surface area contributed by atoms with Crippen molar-refractivity contribution in [2.75, 3.05) is 12.4 Å². The van der Waals surface area contributed by atoms with Gasteiger partial charge in [-0.2, -0.15) is 0 Å². The minimum Gasteiger partial charge on any atom is -0.478 e. The van der Waals surface area contributed by atoms with Crippen LogP contribution in [0.5, 0.6) is 5.75 Å². The van der Waals surface area contributed by atoms with Crippen molar-refractivity contribution in [3.63, 3.8) is 0 Å². The van der Waals surface area contributed by atoms with Gasteiger partial charge in [-0.05, 0) is 36.8 Å². The van der Waals surface area contributed by atoms with Gasteiger partial charge in [0.25, 0.3) is 5.91 Å². The molecule has 0 aliphatic carbocycles.